The number of hydrogen-bond acceptors (Lipinski definition) is 3. The molecule has 1 N–H and O–H groups in total. The van der Waals surface area contributed by atoms with Gasteiger partial charge in [0.2, 0.25) is 5.91 Å². The lowest BCUT2D eigenvalue weighted by molar-refractivity contribution is -0.142. The molecule has 0 saturated carbocycles. The van der Waals surface area contributed by atoms with Gasteiger partial charge in [-0.05, 0) is 75.1 Å². The van der Waals surface area contributed by atoms with Crippen molar-refractivity contribution in [1.82, 2.24) is 10.2 Å². The van der Waals surface area contributed by atoms with Gasteiger partial charge in [-0.2, -0.15) is 0 Å². The van der Waals surface area contributed by atoms with E-state index < -0.39 is 6.04 Å². The van der Waals surface area contributed by atoms with Crippen molar-refractivity contribution in [2.75, 3.05) is 6.61 Å². The van der Waals surface area contributed by atoms with Crippen LogP contribution in [0.25, 0.3) is 0 Å². The molecule has 7 heteroatoms. The molecule has 0 saturated heterocycles. The fourth-order valence-electron chi connectivity index (χ4n) is 3.05. The minimum Gasteiger partial charge on any atom is -0.484 e. The van der Waals surface area contributed by atoms with Crippen molar-refractivity contribution in [3.63, 3.8) is 0 Å². The summed E-state index contributed by atoms with van der Waals surface area (Å²) in [6.07, 6.45) is 0.814. The molecular formula is C24H30BrClN2O3. The molecule has 2 aromatic rings. The van der Waals surface area contributed by atoms with E-state index in [2.05, 4.69) is 21.2 Å². The number of aryl methyl sites for hydroxylation is 2. The third-order valence-corrected chi connectivity index (χ3v) is 6.71. The zero-order valence-corrected chi connectivity index (χ0v) is 21.0. The van der Waals surface area contributed by atoms with E-state index in [4.69, 9.17) is 16.3 Å². The van der Waals surface area contributed by atoms with E-state index >= 15 is 0 Å². The average molecular weight is 510 g/mol. The van der Waals surface area contributed by atoms with Crippen LogP contribution in [0.5, 0.6) is 5.75 Å². The summed E-state index contributed by atoms with van der Waals surface area (Å²) in [5.41, 5.74) is 2.94. The number of carbonyl (C=O) groups is 2. The van der Waals surface area contributed by atoms with Crippen molar-refractivity contribution in [3.05, 3.63) is 62.6 Å². The third-order valence-electron chi connectivity index (χ3n) is 5.21. The number of rotatable bonds is 9. The van der Waals surface area contributed by atoms with Crippen LogP contribution in [0.15, 0.2) is 40.9 Å². The average Bonchev–Trinajstić information content (AvgIpc) is 2.74. The molecule has 0 aliphatic rings. The first-order chi connectivity index (χ1) is 14.6. The summed E-state index contributed by atoms with van der Waals surface area (Å²) in [6.45, 7) is 9.75. The van der Waals surface area contributed by atoms with Crippen LogP contribution in [-0.4, -0.2) is 35.4 Å². The maximum Gasteiger partial charge on any atom is 0.261 e. The molecule has 0 aliphatic carbocycles. The van der Waals surface area contributed by atoms with Crippen molar-refractivity contribution >= 4 is 39.3 Å². The van der Waals surface area contributed by atoms with Crippen LogP contribution in [-0.2, 0) is 16.1 Å². The highest BCUT2D eigenvalue weighted by molar-refractivity contribution is 9.10. The van der Waals surface area contributed by atoms with Gasteiger partial charge >= 0.3 is 0 Å². The number of carbonyl (C=O) groups excluding carboxylic acids is 2. The highest BCUT2D eigenvalue weighted by Crippen LogP contribution is 2.26. The van der Waals surface area contributed by atoms with Crippen LogP contribution >= 0.6 is 27.5 Å². The molecule has 2 aromatic carbocycles. The van der Waals surface area contributed by atoms with Crippen LogP contribution < -0.4 is 10.1 Å². The fraction of sp³-hybridized carbons (Fsp3) is 0.417. The number of nitrogens with one attached hydrogen (secondary N) is 1. The van der Waals surface area contributed by atoms with Crippen molar-refractivity contribution in [2.45, 2.75) is 59.7 Å². The maximum atomic E-state index is 13.1. The molecule has 2 rings (SSSR count). The van der Waals surface area contributed by atoms with Crippen LogP contribution in [0.2, 0.25) is 5.02 Å². The lowest BCUT2D eigenvalue weighted by Gasteiger charge is -2.29. The molecule has 0 bridgehead atoms. The Morgan fingerprint density at radius 1 is 1.13 bits per heavy atom. The number of amides is 2. The molecule has 0 radical (unpaired) electrons. The summed E-state index contributed by atoms with van der Waals surface area (Å²) in [4.78, 5) is 27.4. The third kappa shape index (κ3) is 7.25. The fourth-order valence-corrected chi connectivity index (χ4v) is 3.41. The van der Waals surface area contributed by atoms with Crippen molar-refractivity contribution in [3.8, 4) is 5.75 Å². The van der Waals surface area contributed by atoms with Crippen molar-refractivity contribution in [1.29, 1.82) is 0 Å². The largest absolute Gasteiger partial charge is 0.484 e. The molecular weight excluding hydrogens is 480 g/mol. The summed E-state index contributed by atoms with van der Waals surface area (Å²) in [5.74, 6) is 0.168. The zero-order chi connectivity index (χ0) is 23.1. The molecule has 0 aromatic heterocycles. The molecule has 0 aliphatic heterocycles. The molecule has 2 atom stereocenters. The van der Waals surface area contributed by atoms with Gasteiger partial charge in [-0.3, -0.25) is 9.59 Å². The van der Waals surface area contributed by atoms with E-state index in [9.17, 15) is 9.59 Å². The van der Waals surface area contributed by atoms with Gasteiger partial charge in [0.05, 0.1) is 0 Å². The Kier molecular flexibility index (Phi) is 9.38. The maximum absolute atomic E-state index is 13.1. The molecule has 31 heavy (non-hydrogen) atoms. The lowest BCUT2D eigenvalue weighted by atomic mass is 10.1. The van der Waals surface area contributed by atoms with Crippen molar-refractivity contribution < 1.29 is 14.3 Å². The Labute approximate surface area is 198 Å². The number of hydrogen-bond donors (Lipinski definition) is 1. The molecule has 0 spiro atoms. The summed E-state index contributed by atoms with van der Waals surface area (Å²) < 4.78 is 6.81. The molecule has 2 amide bonds. The quantitative estimate of drug-likeness (QED) is 0.490. The second kappa shape index (κ2) is 11.5. The monoisotopic (exact) mass is 508 g/mol. The summed E-state index contributed by atoms with van der Waals surface area (Å²) in [7, 11) is 0. The van der Waals surface area contributed by atoms with E-state index in [1.165, 1.54) is 0 Å². The van der Waals surface area contributed by atoms with Gasteiger partial charge in [-0.25, -0.2) is 0 Å². The van der Waals surface area contributed by atoms with Crippen molar-refractivity contribution in [2.24, 2.45) is 0 Å². The number of ether oxygens (including phenoxy) is 1. The molecule has 0 heterocycles. The number of nitrogens with zero attached hydrogens (tertiary/aromatic N) is 1. The Hall–Kier alpha value is -2.05. The van der Waals surface area contributed by atoms with Gasteiger partial charge in [-0.15, -0.1) is 0 Å². The summed E-state index contributed by atoms with van der Waals surface area (Å²) in [5, 5.41) is 3.57. The Bertz CT molecular complexity index is 895. The summed E-state index contributed by atoms with van der Waals surface area (Å²) >= 11 is 9.52. The zero-order valence-electron chi connectivity index (χ0n) is 18.7. The van der Waals surface area contributed by atoms with Crippen LogP contribution in [0, 0.1) is 13.8 Å². The lowest BCUT2D eigenvalue weighted by Crippen LogP contribution is -2.50. The van der Waals surface area contributed by atoms with E-state index in [1.807, 2.05) is 52.0 Å². The molecule has 0 unspecified atom stereocenters. The standard InChI is InChI=1S/C24H30BrClN2O3/c1-6-17(4)27-24(30)18(5)28(13-19-7-9-20(26)10-8-19)22(29)14-31-21-11-15(2)23(25)16(3)12-21/h7-12,17-18H,6,13-14H2,1-5H3,(H,27,30)/t17-,18+/m1/s1. The highest BCUT2D eigenvalue weighted by atomic mass is 79.9. The predicted octanol–water partition coefficient (Wildman–Crippen LogP) is 5.43. The SMILES string of the molecule is CC[C@@H](C)NC(=O)[C@H](C)N(Cc1ccc(Cl)cc1)C(=O)COc1cc(C)c(Br)c(C)c1. The first-order valence-electron chi connectivity index (χ1n) is 10.4. The number of halogens is 2. The second-order valence-corrected chi connectivity index (χ2v) is 9.03. The van der Waals surface area contributed by atoms with Gasteiger partial charge in [-0.1, -0.05) is 46.6 Å². The van der Waals surface area contributed by atoms with E-state index in [0.717, 1.165) is 27.6 Å². The van der Waals surface area contributed by atoms with Gasteiger partial charge < -0.3 is 15.0 Å². The molecule has 0 fully saturated rings. The topological polar surface area (TPSA) is 58.6 Å². The molecule has 168 valence electrons. The Morgan fingerprint density at radius 3 is 2.26 bits per heavy atom. The predicted molar refractivity (Wildman–Crippen MR) is 128 cm³/mol. The van der Waals surface area contributed by atoms with Gasteiger partial charge in [0.15, 0.2) is 6.61 Å². The van der Waals surface area contributed by atoms with E-state index in [-0.39, 0.29) is 31.0 Å². The van der Waals surface area contributed by atoms with E-state index in [0.29, 0.717) is 10.8 Å². The van der Waals surface area contributed by atoms with Gasteiger partial charge in [0.1, 0.15) is 11.8 Å². The van der Waals surface area contributed by atoms with Gasteiger partial charge in [0.25, 0.3) is 5.91 Å². The molecule has 5 nitrogen and oxygen atoms in total. The first-order valence-corrected chi connectivity index (χ1v) is 11.5. The minimum atomic E-state index is -0.644. The van der Waals surface area contributed by atoms with Crippen LogP contribution in [0.4, 0.5) is 0 Å². The van der Waals surface area contributed by atoms with Gasteiger partial charge in [0, 0.05) is 22.1 Å². The highest BCUT2D eigenvalue weighted by Gasteiger charge is 2.27. The second-order valence-electron chi connectivity index (χ2n) is 7.80. The number of benzene rings is 2. The minimum absolute atomic E-state index is 0.0346. The Balaban J connectivity index is 2.18. The Morgan fingerprint density at radius 2 is 1.71 bits per heavy atom. The van der Waals surface area contributed by atoms with E-state index in [1.54, 1.807) is 24.0 Å². The van der Waals surface area contributed by atoms with Crippen LogP contribution in [0.1, 0.15) is 43.9 Å². The van der Waals surface area contributed by atoms with Crippen LogP contribution in [0.3, 0.4) is 0 Å². The summed E-state index contributed by atoms with van der Waals surface area (Å²) in [6, 6.07) is 10.4. The first kappa shape index (κ1) is 25.2. The normalized spacial score (nSPS) is 12.7. The smallest absolute Gasteiger partial charge is 0.261 e.